The summed E-state index contributed by atoms with van der Waals surface area (Å²) < 4.78 is 51.1. The summed E-state index contributed by atoms with van der Waals surface area (Å²) in [5.41, 5.74) is 3.01. The average molecular weight is 292 g/mol. The van der Waals surface area contributed by atoms with Crippen LogP contribution in [0.15, 0.2) is 18.2 Å². The van der Waals surface area contributed by atoms with E-state index in [1.54, 1.807) is 13.8 Å². The summed E-state index contributed by atoms with van der Waals surface area (Å²) in [6.07, 6.45) is -4.03. The van der Waals surface area contributed by atoms with E-state index in [2.05, 4.69) is 5.32 Å². The number of benzene rings is 1. The third kappa shape index (κ3) is 3.47. The molecule has 1 amide bonds. The van der Waals surface area contributed by atoms with E-state index < -0.39 is 34.7 Å². The fourth-order valence-electron chi connectivity index (χ4n) is 1.62. The molecule has 1 aromatic rings. The van der Waals surface area contributed by atoms with Gasteiger partial charge in [0.2, 0.25) is 5.91 Å². The molecule has 0 saturated carbocycles. The number of nitrogens with two attached hydrogens (primary N) is 1. The highest BCUT2D eigenvalue weighted by atomic mass is 19.4. The zero-order valence-electron chi connectivity index (χ0n) is 11.1. The summed E-state index contributed by atoms with van der Waals surface area (Å²) in [7, 11) is 0. The van der Waals surface area contributed by atoms with Crippen LogP contribution >= 0.6 is 0 Å². The second-order valence-electron chi connectivity index (χ2n) is 4.51. The van der Waals surface area contributed by atoms with E-state index in [9.17, 15) is 22.4 Å². The van der Waals surface area contributed by atoms with Crippen LogP contribution in [0.4, 0.5) is 23.2 Å². The number of amides is 1. The summed E-state index contributed by atoms with van der Waals surface area (Å²) in [4.78, 5) is 11.9. The van der Waals surface area contributed by atoms with Crippen molar-refractivity contribution in [3.63, 3.8) is 0 Å². The Bertz CT molecular complexity index is 496. The van der Waals surface area contributed by atoms with Crippen LogP contribution in [0, 0.1) is 5.82 Å². The van der Waals surface area contributed by atoms with Crippen molar-refractivity contribution in [2.75, 3.05) is 5.32 Å². The van der Waals surface area contributed by atoms with Crippen molar-refractivity contribution >= 4 is 11.6 Å². The zero-order chi connectivity index (χ0) is 15.6. The summed E-state index contributed by atoms with van der Waals surface area (Å²) in [6.45, 7) is 3.34. The lowest BCUT2D eigenvalue weighted by Gasteiger charge is -2.25. The minimum absolute atomic E-state index is 0.288. The second-order valence-corrected chi connectivity index (χ2v) is 4.51. The Morgan fingerprint density at radius 3 is 2.25 bits per heavy atom. The molecule has 112 valence electrons. The van der Waals surface area contributed by atoms with E-state index in [0.29, 0.717) is 18.2 Å². The number of carbonyl (C=O) groups excluding carboxylic acids is 1. The van der Waals surface area contributed by atoms with Gasteiger partial charge in [0.15, 0.2) is 0 Å². The molecule has 20 heavy (non-hydrogen) atoms. The Balaban J connectivity index is 3.06. The van der Waals surface area contributed by atoms with Crippen LogP contribution in [-0.4, -0.2) is 11.4 Å². The monoisotopic (exact) mass is 292 g/mol. The van der Waals surface area contributed by atoms with Crippen LogP contribution in [0.1, 0.15) is 32.3 Å². The number of nitrogens with one attached hydrogen (secondary N) is 1. The van der Waals surface area contributed by atoms with E-state index in [-0.39, 0.29) is 12.8 Å². The highest BCUT2D eigenvalue weighted by Gasteiger charge is 2.33. The van der Waals surface area contributed by atoms with Gasteiger partial charge < -0.3 is 11.1 Å². The van der Waals surface area contributed by atoms with E-state index in [1.807, 2.05) is 0 Å². The summed E-state index contributed by atoms with van der Waals surface area (Å²) in [6, 6.07) is 1.83. The first-order chi connectivity index (χ1) is 9.14. The molecule has 1 aromatic carbocycles. The van der Waals surface area contributed by atoms with Crippen molar-refractivity contribution < 1.29 is 22.4 Å². The van der Waals surface area contributed by atoms with E-state index >= 15 is 0 Å². The molecule has 0 aromatic heterocycles. The Kier molecular flexibility index (Phi) is 4.75. The number of anilines is 1. The maximum absolute atomic E-state index is 13.5. The Morgan fingerprint density at radius 1 is 1.25 bits per heavy atom. The predicted molar refractivity (Wildman–Crippen MR) is 67.5 cm³/mol. The fourth-order valence-corrected chi connectivity index (χ4v) is 1.62. The summed E-state index contributed by atoms with van der Waals surface area (Å²) in [5.74, 6) is -1.65. The van der Waals surface area contributed by atoms with Crippen LogP contribution in [0.5, 0.6) is 0 Å². The molecular formula is C13H16F4N2O. The summed E-state index contributed by atoms with van der Waals surface area (Å²) in [5, 5.41) is 2.13. The molecule has 7 heteroatoms. The third-order valence-corrected chi connectivity index (χ3v) is 3.26. The van der Waals surface area contributed by atoms with Gasteiger partial charge in [-0.25, -0.2) is 4.39 Å². The predicted octanol–water partition coefficient (Wildman–Crippen LogP) is 3.30. The van der Waals surface area contributed by atoms with Gasteiger partial charge in [0.25, 0.3) is 0 Å². The molecule has 0 aliphatic heterocycles. The number of hydrogen-bond donors (Lipinski definition) is 2. The SMILES string of the molecule is CCC(N)(CC)C(=O)Nc1cc(C(F)(F)F)ccc1F. The molecule has 0 atom stereocenters. The van der Waals surface area contributed by atoms with Crippen molar-refractivity contribution in [3.05, 3.63) is 29.6 Å². The van der Waals surface area contributed by atoms with Crippen LogP contribution in [0.2, 0.25) is 0 Å². The number of carbonyl (C=O) groups is 1. The first-order valence-corrected chi connectivity index (χ1v) is 6.11. The van der Waals surface area contributed by atoms with E-state index in [1.165, 1.54) is 0 Å². The lowest BCUT2D eigenvalue weighted by molar-refractivity contribution is -0.137. The highest BCUT2D eigenvalue weighted by Crippen LogP contribution is 2.32. The molecule has 0 heterocycles. The lowest BCUT2D eigenvalue weighted by Crippen LogP contribution is -2.50. The molecule has 0 unspecified atom stereocenters. The molecule has 0 fully saturated rings. The molecule has 3 N–H and O–H groups in total. The zero-order valence-corrected chi connectivity index (χ0v) is 11.1. The normalized spacial score (nSPS) is 12.3. The topological polar surface area (TPSA) is 55.1 Å². The van der Waals surface area contributed by atoms with Gasteiger partial charge in [0.05, 0.1) is 16.8 Å². The van der Waals surface area contributed by atoms with Gasteiger partial charge in [0.1, 0.15) is 5.82 Å². The largest absolute Gasteiger partial charge is 0.416 e. The minimum Gasteiger partial charge on any atom is -0.322 e. The van der Waals surface area contributed by atoms with Crippen molar-refractivity contribution in [1.29, 1.82) is 0 Å². The molecule has 0 aliphatic carbocycles. The standard InChI is InChI=1S/C13H16F4N2O/c1-3-12(18,4-2)11(20)19-10-7-8(13(15,16)17)5-6-9(10)14/h5-7H,3-4,18H2,1-2H3,(H,19,20). The van der Waals surface area contributed by atoms with Crippen molar-refractivity contribution in [1.82, 2.24) is 0 Å². The van der Waals surface area contributed by atoms with Gasteiger partial charge in [-0.2, -0.15) is 13.2 Å². The van der Waals surface area contributed by atoms with Gasteiger partial charge in [0, 0.05) is 0 Å². The van der Waals surface area contributed by atoms with E-state index in [0.717, 1.165) is 0 Å². The molecule has 1 rings (SSSR count). The van der Waals surface area contributed by atoms with Gasteiger partial charge in [-0.3, -0.25) is 4.79 Å². The molecule has 0 aliphatic rings. The van der Waals surface area contributed by atoms with E-state index in [4.69, 9.17) is 5.73 Å². The first-order valence-electron chi connectivity index (χ1n) is 6.11. The Labute approximate surface area is 114 Å². The highest BCUT2D eigenvalue weighted by molar-refractivity contribution is 5.98. The van der Waals surface area contributed by atoms with Gasteiger partial charge in [-0.1, -0.05) is 13.8 Å². The van der Waals surface area contributed by atoms with Crippen LogP contribution in [0.25, 0.3) is 0 Å². The number of halogens is 4. The third-order valence-electron chi connectivity index (χ3n) is 3.26. The van der Waals surface area contributed by atoms with Gasteiger partial charge in [-0.05, 0) is 31.0 Å². The minimum atomic E-state index is -4.61. The maximum Gasteiger partial charge on any atom is 0.416 e. The van der Waals surface area contributed by atoms with Gasteiger partial charge in [-0.15, -0.1) is 0 Å². The quantitative estimate of drug-likeness (QED) is 0.837. The Hall–Kier alpha value is -1.63. The molecule has 3 nitrogen and oxygen atoms in total. The van der Waals surface area contributed by atoms with Gasteiger partial charge >= 0.3 is 6.18 Å². The lowest BCUT2D eigenvalue weighted by atomic mass is 9.93. The fraction of sp³-hybridized carbons (Fsp3) is 0.462. The van der Waals surface area contributed by atoms with Crippen LogP contribution in [0.3, 0.4) is 0 Å². The van der Waals surface area contributed by atoms with Crippen molar-refractivity contribution in [3.8, 4) is 0 Å². The maximum atomic E-state index is 13.5. The molecular weight excluding hydrogens is 276 g/mol. The summed E-state index contributed by atoms with van der Waals surface area (Å²) >= 11 is 0. The van der Waals surface area contributed by atoms with Crippen molar-refractivity contribution in [2.45, 2.75) is 38.4 Å². The first kappa shape index (κ1) is 16.4. The van der Waals surface area contributed by atoms with Crippen molar-refractivity contribution in [2.24, 2.45) is 5.73 Å². The van der Waals surface area contributed by atoms with Crippen LogP contribution in [-0.2, 0) is 11.0 Å². The smallest absolute Gasteiger partial charge is 0.322 e. The number of hydrogen-bond acceptors (Lipinski definition) is 2. The van der Waals surface area contributed by atoms with Crippen LogP contribution < -0.4 is 11.1 Å². The molecule has 0 radical (unpaired) electrons. The molecule has 0 spiro atoms. The number of alkyl halides is 3. The number of rotatable bonds is 4. The Morgan fingerprint density at radius 2 is 1.80 bits per heavy atom. The molecule has 0 bridgehead atoms. The second kappa shape index (κ2) is 5.78. The average Bonchev–Trinajstić information content (AvgIpc) is 2.38. The molecule has 0 saturated heterocycles.